The summed E-state index contributed by atoms with van der Waals surface area (Å²) in [4.78, 5) is 43.9. The van der Waals surface area contributed by atoms with Crippen LogP contribution in [0.15, 0.2) is 4.79 Å². The van der Waals surface area contributed by atoms with Gasteiger partial charge in [-0.05, 0) is 20.8 Å². The van der Waals surface area contributed by atoms with E-state index in [0.717, 1.165) is 11.3 Å². The number of rotatable bonds is 7. The molecular formula is C18H24N4O8S. The Hall–Kier alpha value is -2.93. The molecule has 2 aromatic rings. The normalized spacial score (nSPS) is 20.7. The summed E-state index contributed by atoms with van der Waals surface area (Å²) in [7, 11) is 0. The zero-order chi connectivity index (χ0) is 22.7. The molecule has 1 aliphatic rings. The van der Waals surface area contributed by atoms with Crippen molar-refractivity contribution in [3.05, 3.63) is 9.67 Å². The fourth-order valence-corrected chi connectivity index (χ4v) is 4.02. The summed E-state index contributed by atoms with van der Waals surface area (Å²) in [6.45, 7) is 6.59. The van der Waals surface area contributed by atoms with Crippen molar-refractivity contribution in [3.8, 4) is 5.88 Å². The first kappa shape index (κ1) is 22.7. The van der Waals surface area contributed by atoms with E-state index in [9.17, 15) is 14.4 Å². The van der Waals surface area contributed by atoms with Gasteiger partial charge in [0.1, 0.15) is 17.4 Å². The summed E-state index contributed by atoms with van der Waals surface area (Å²) >= 11 is 0.864. The largest absolute Gasteiger partial charge is 0.508 e. The number of anilines is 1. The number of hydrogen-bond acceptors (Lipinski definition) is 12. The zero-order valence-corrected chi connectivity index (χ0v) is 18.3. The Labute approximate surface area is 181 Å². The second kappa shape index (κ2) is 9.47. The van der Waals surface area contributed by atoms with E-state index < -0.39 is 35.4 Å². The molecule has 3 atom stereocenters. The van der Waals surface area contributed by atoms with Crippen LogP contribution in [0, 0.1) is 0 Å². The third-order valence-electron chi connectivity index (χ3n) is 4.17. The molecule has 1 fully saturated rings. The lowest BCUT2D eigenvalue weighted by Crippen LogP contribution is -2.30. The third kappa shape index (κ3) is 5.22. The molecule has 0 aliphatic carbocycles. The molecular weight excluding hydrogens is 432 g/mol. The van der Waals surface area contributed by atoms with E-state index in [2.05, 4.69) is 9.97 Å². The van der Waals surface area contributed by atoms with Crippen molar-refractivity contribution in [2.75, 3.05) is 18.9 Å². The van der Waals surface area contributed by atoms with Crippen LogP contribution in [0.3, 0.4) is 0 Å². The molecule has 0 saturated carbocycles. The number of nitrogen functional groups attached to an aromatic ring is 1. The molecule has 2 N–H and O–H groups in total. The van der Waals surface area contributed by atoms with Gasteiger partial charge in [-0.25, -0.2) is 4.79 Å². The first-order valence-electron chi connectivity index (χ1n) is 9.67. The Morgan fingerprint density at radius 3 is 2.74 bits per heavy atom. The highest BCUT2D eigenvalue weighted by atomic mass is 32.1. The molecule has 3 rings (SSSR count). The van der Waals surface area contributed by atoms with E-state index >= 15 is 0 Å². The monoisotopic (exact) mass is 456 g/mol. The molecule has 2 aromatic heterocycles. The maximum Gasteiger partial charge on any atom is 0.508 e. The van der Waals surface area contributed by atoms with Gasteiger partial charge in [0.2, 0.25) is 11.8 Å². The minimum atomic E-state index is -0.997. The lowest BCUT2D eigenvalue weighted by Gasteiger charge is -2.19. The molecule has 0 radical (unpaired) electrons. The van der Waals surface area contributed by atoms with Crippen molar-refractivity contribution >= 4 is 39.8 Å². The van der Waals surface area contributed by atoms with Crippen molar-refractivity contribution in [2.45, 2.75) is 58.7 Å². The summed E-state index contributed by atoms with van der Waals surface area (Å²) in [6.07, 6.45) is -3.42. The molecule has 1 aliphatic heterocycles. The van der Waals surface area contributed by atoms with E-state index in [-0.39, 0.29) is 36.6 Å². The molecule has 12 nitrogen and oxygen atoms in total. The van der Waals surface area contributed by atoms with Crippen LogP contribution in [0.4, 0.5) is 10.7 Å². The minimum absolute atomic E-state index is 0.0825. The van der Waals surface area contributed by atoms with Gasteiger partial charge in [-0.1, -0.05) is 11.3 Å². The van der Waals surface area contributed by atoms with Gasteiger partial charge >= 0.3 is 17.0 Å². The topological polar surface area (TPSA) is 154 Å². The number of carbonyl (C=O) groups is 2. The maximum absolute atomic E-state index is 12.8. The number of carbonyl (C=O) groups excluding carboxylic acids is 2. The molecule has 0 bridgehead atoms. The number of esters is 1. The van der Waals surface area contributed by atoms with E-state index in [4.69, 9.17) is 29.4 Å². The quantitative estimate of drug-likeness (QED) is 0.604. The second-order valence-corrected chi connectivity index (χ2v) is 7.93. The lowest BCUT2D eigenvalue weighted by atomic mass is 10.2. The molecule has 13 heteroatoms. The van der Waals surface area contributed by atoms with Crippen LogP contribution >= 0.6 is 11.3 Å². The van der Waals surface area contributed by atoms with E-state index in [1.807, 2.05) is 0 Å². The highest BCUT2D eigenvalue weighted by Crippen LogP contribution is 2.35. The number of fused-ring (bicyclic) bond motifs is 1. The number of ether oxygens (including phenoxy) is 5. The highest BCUT2D eigenvalue weighted by Gasteiger charge is 2.41. The van der Waals surface area contributed by atoms with E-state index in [0.29, 0.717) is 11.3 Å². The first-order valence-corrected chi connectivity index (χ1v) is 10.5. The van der Waals surface area contributed by atoms with Gasteiger partial charge in [-0.15, -0.1) is 0 Å². The van der Waals surface area contributed by atoms with Crippen LogP contribution in [0.2, 0.25) is 0 Å². The van der Waals surface area contributed by atoms with Crippen LogP contribution < -0.4 is 15.3 Å². The summed E-state index contributed by atoms with van der Waals surface area (Å²) < 4.78 is 28.4. The van der Waals surface area contributed by atoms with Crippen LogP contribution in [-0.4, -0.2) is 58.2 Å². The third-order valence-corrected chi connectivity index (χ3v) is 5.10. The van der Waals surface area contributed by atoms with Crippen LogP contribution in [-0.2, 0) is 23.7 Å². The fraction of sp³-hybridized carbons (Fsp3) is 0.611. The van der Waals surface area contributed by atoms with Crippen molar-refractivity contribution in [3.63, 3.8) is 0 Å². The number of nitrogens with two attached hydrogens (primary N) is 1. The van der Waals surface area contributed by atoms with Gasteiger partial charge in [0.05, 0.1) is 18.8 Å². The first-order chi connectivity index (χ1) is 14.7. The summed E-state index contributed by atoms with van der Waals surface area (Å²) in [5.41, 5.74) is 5.99. The Kier molecular flexibility index (Phi) is 6.95. The summed E-state index contributed by atoms with van der Waals surface area (Å²) in [5, 5.41) is 0. The van der Waals surface area contributed by atoms with Crippen LogP contribution in [0.5, 0.6) is 5.88 Å². The molecule has 0 spiro atoms. The molecule has 0 unspecified atom stereocenters. The lowest BCUT2D eigenvalue weighted by molar-refractivity contribution is -0.152. The predicted molar refractivity (Wildman–Crippen MR) is 109 cm³/mol. The van der Waals surface area contributed by atoms with Crippen molar-refractivity contribution < 1.29 is 33.3 Å². The average molecular weight is 456 g/mol. The number of thiazole rings is 1. The molecule has 0 amide bonds. The smallest absolute Gasteiger partial charge is 0.477 e. The summed E-state index contributed by atoms with van der Waals surface area (Å²) in [6, 6.07) is 0. The zero-order valence-electron chi connectivity index (χ0n) is 17.5. The van der Waals surface area contributed by atoms with Gasteiger partial charge in [0, 0.05) is 13.3 Å². The van der Waals surface area contributed by atoms with Crippen LogP contribution in [0.1, 0.15) is 40.3 Å². The molecule has 0 aromatic carbocycles. The van der Waals surface area contributed by atoms with Crippen molar-refractivity contribution in [1.82, 2.24) is 14.5 Å². The summed E-state index contributed by atoms with van der Waals surface area (Å²) in [5.74, 6) is -0.443. The van der Waals surface area contributed by atoms with Gasteiger partial charge in [0.15, 0.2) is 11.9 Å². The standard InChI is InChI=1S/C18H24N4O8S/c1-5-26-14-12-13(20-16(19)21-14)22(17(24)31-12)15-11(29-9(4)23)6-10(30-15)7-27-18(25)28-8(2)3/h8,10-11,15H,5-7H2,1-4H3,(H2,19,20,21)/t10-,11+,15+/m0/s1. The Balaban J connectivity index is 1.91. The van der Waals surface area contributed by atoms with Crippen molar-refractivity contribution in [1.29, 1.82) is 0 Å². The maximum atomic E-state index is 12.8. The highest BCUT2D eigenvalue weighted by molar-refractivity contribution is 7.16. The Morgan fingerprint density at radius 1 is 1.35 bits per heavy atom. The molecule has 31 heavy (non-hydrogen) atoms. The van der Waals surface area contributed by atoms with Gasteiger partial charge in [-0.3, -0.25) is 14.2 Å². The van der Waals surface area contributed by atoms with Crippen LogP contribution in [0.25, 0.3) is 10.3 Å². The molecule has 1 saturated heterocycles. The van der Waals surface area contributed by atoms with Crippen molar-refractivity contribution in [2.24, 2.45) is 0 Å². The van der Waals surface area contributed by atoms with Gasteiger partial charge in [-0.2, -0.15) is 9.97 Å². The number of nitrogens with zero attached hydrogens (tertiary/aromatic N) is 3. The van der Waals surface area contributed by atoms with Gasteiger partial charge in [0.25, 0.3) is 0 Å². The SMILES string of the molecule is CCOc1nc(N)nc2c1sc(=O)n2[C@@H]1O[C@H](COC(=O)OC(C)C)C[C@H]1OC(C)=O. The minimum Gasteiger partial charge on any atom is -0.477 e. The van der Waals surface area contributed by atoms with E-state index in [1.165, 1.54) is 11.5 Å². The Bertz CT molecular complexity index is 1020. The number of hydrogen-bond donors (Lipinski definition) is 1. The fourth-order valence-electron chi connectivity index (χ4n) is 3.13. The van der Waals surface area contributed by atoms with E-state index in [1.54, 1.807) is 20.8 Å². The molecule has 3 heterocycles. The van der Waals surface area contributed by atoms with Gasteiger partial charge < -0.3 is 29.4 Å². The second-order valence-electron chi connectivity index (χ2n) is 6.97. The molecule has 170 valence electrons. The Morgan fingerprint density at radius 2 is 2.10 bits per heavy atom. The predicted octanol–water partition coefficient (Wildman–Crippen LogP) is 1.61. The number of aromatic nitrogens is 3. The average Bonchev–Trinajstić information content (AvgIpc) is 3.19.